The zero-order valence-corrected chi connectivity index (χ0v) is 18.6. The first-order valence-electron chi connectivity index (χ1n) is 12.1. The molecule has 0 radical (unpaired) electrons. The van der Waals surface area contributed by atoms with Crippen LogP contribution in [0.1, 0.15) is 96.8 Å². The Kier molecular flexibility index (Phi) is 16.8. The van der Waals surface area contributed by atoms with Crippen LogP contribution in [0.4, 0.5) is 0 Å². The number of aliphatic hydroxyl groups excluding tert-OH is 3. The van der Waals surface area contributed by atoms with Crippen molar-refractivity contribution in [3.63, 3.8) is 0 Å². The van der Waals surface area contributed by atoms with Gasteiger partial charge < -0.3 is 24.8 Å². The summed E-state index contributed by atoms with van der Waals surface area (Å²) in [6.07, 6.45) is 19.4. The molecule has 5 heteroatoms. The third-order valence-electron chi connectivity index (χ3n) is 5.72. The Morgan fingerprint density at radius 2 is 1.41 bits per heavy atom. The summed E-state index contributed by atoms with van der Waals surface area (Å²) >= 11 is 0. The number of unbranched alkanes of at least 4 members (excludes halogenated alkanes) is 12. The van der Waals surface area contributed by atoms with E-state index in [1.165, 1.54) is 64.2 Å². The van der Waals surface area contributed by atoms with Gasteiger partial charge in [-0.15, -0.1) is 0 Å². The fourth-order valence-electron chi connectivity index (χ4n) is 3.79. The summed E-state index contributed by atoms with van der Waals surface area (Å²) in [5, 5.41) is 28.8. The predicted molar refractivity (Wildman–Crippen MR) is 118 cm³/mol. The smallest absolute Gasteiger partial charge is 0.114 e. The first-order chi connectivity index (χ1) is 14.2. The van der Waals surface area contributed by atoms with Crippen LogP contribution in [0, 0.1) is 0 Å². The van der Waals surface area contributed by atoms with Crippen molar-refractivity contribution in [2.45, 2.75) is 121 Å². The van der Waals surface area contributed by atoms with Crippen LogP contribution in [-0.2, 0) is 9.47 Å². The lowest BCUT2D eigenvalue weighted by atomic mass is 10.1. The highest BCUT2D eigenvalue weighted by atomic mass is 16.6. The zero-order valence-electron chi connectivity index (χ0n) is 18.6. The van der Waals surface area contributed by atoms with Crippen molar-refractivity contribution in [1.29, 1.82) is 0 Å². The minimum absolute atomic E-state index is 0.0943. The van der Waals surface area contributed by atoms with Crippen molar-refractivity contribution in [3.8, 4) is 0 Å². The molecule has 1 heterocycles. The van der Waals surface area contributed by atoms with Gasteiger partial charge in [0, 0.05) is 6.61 Å². The van der Waals surface area contributed by atoms with Gasteiger partial charge in [0.05, 0.1) is 13.2 Å². The molecule has 3 N–H and O–H groups in total. The normalized spacial score (nSPS) is 23.2. The van der Waals surface area contributed by atoms with E-state index >= 15 is 0 Å². The van der Waals surface area contributed by atoms with Crippen LogP contribution in [0.3, 0.4) is 0 Å². The Balaban J connectivity index is 1.86. The highest BCUT2D eigenvalue weighted by molar-refractivity contribution is 4.88. The maximum atomic E-state index is 9.83. The van der Waals surface area contributed by atoms with Gasteiger partial charge in [-0.05, 0) is 32.1 Å². The molecule has 1 aliphatic heterocycles. The van der Waals surface area contributed by atoms with Crippen LogP contribution >= 0.6 is 0 Å². The molecular formula is C24H46O5. The summed E-state index contributed by atoms with van der Waals surface area (Å²) < 4.78 is 11.0. The van der Waals surface area contributed by atoms with Gasteiger partial charge in [-0.2, -0.15) is 0 Å². The van der Waals surface area contributed by atoms with Crippen molar-refractivity contribution in [2.24, 2.45) is 0 Å². The number of rotatable bonds is 19. The van der Waals surface area contributed by atoms with Crippen LogP contribution in [0.5, 0.6) is 0 Å². The first kappa shape index (κ1) is 26.6. The Morgan fingerprint density at radius 3 is 1.93 bits per heavy atom. The number of hydrogen-bond donors (Lipinski definition) is 3. The third-order valence-corrected chi connectivity index (χ3v) is 5.72. The van der Waals surface area contributed by atoms with Crippen LogP contribution in [0.15, 0.2) is 12.2 Å². The molecule has 0 saturated carbocycles. The predicted octanol–water partition coefficient (Wildman–Crippen LogP) is 4.52. The molecule has 1 aliphatic rings. The quantitative estimate of drug-likeness (QED) is 0.214. The van der Waals surface area contributed by atoms with Crippen molar-refractivity contribution < 1.29 is 24.8 Å². The lowest BCUT2D eigenvalue weighted by Crippen LogP contribution is -2.42. The second-order valence-electron chi connectivity index (χ2n) is 8.39. The topological polar surface area (TPSA) is 79.2 Å². The molecule has 1 rings (SSSR count). The van der Waals surface area contributed by atoms with Gasteiger partial charge in [-0.1, -0.05) is 76.9 Å². The minimum Gasteiger partial charge on any atom is -0.394 e. The molecule has 0 bridgehead atoms. The average molecular weight is 415 g/mol. The second kappa shape index (κ2) is 18.3. The average Bonchev–Trinajstić information content (AvgIpc) is 3.06. The van der Waals surface area contributed by atoms with Gasteiger partial charge in [-0.25, -0.2) is 0 Å². The van der Waals surface area contributed by atoms with Crippen molar-refractivity contribution in [1.82, 2.24) is 0 Å². The molecule has 0 spiro atoms. The highest BCUT2D eigenvalue weighted by Gasteiger charge is 2.40. The van der Waals surface area contributed by atoms with Gasteiger partial charge in [-0.3, -0.25) is 0 Å². The van der Waals surface area contributed by atoms with Crippen molar-refractivity contribution in [3.05, 3.63) is 12.2 Å². The summed E-state index contributed by atoms with van der Waals surface area (Å²) in [7, 11) is 0. The molecule has 0 aliphatic carbocycles. The van der Waals surface area contributed by atoms with E-state index in [0.717, 1.165) is 25.7 Å². The molecule has 0 aromatic heterocycles. The zero-order chi connectivity index (χ0) is 21.2. The molecule has 1 fully saturated rings. The van der Waals surface area contributed by atoms with Gasteiger partial charge in [0.1, 0.15) is 24.4 Å². The van der Waals surface area contributed by atoms with Gasteiger partial charge >= 0.3 is 0 Å². The van der Waals surface area contributed by atoms with Gasteiger partial charge in [0.15, 0.2) is 0 Å². The molecule has 0 unspecified atom stereocenters. The Bertz CT molecular complexity index is 387. The van der Waals surface area contributed by atoms with E-state index in [0.29, 0.717) is 6.61 Å². The molecule has 4 atom stereocenters. The summed E-state index contributed by atoms with van der Waals surface area (Å²) in [6.45, 7) is 2.69. The van der Waals surface area contributed by atoms with E-state index in [2.05, 4.69) is 19.1 Å². The standard InChI is InChI=1S/C24H46O5/c1-2-3-4-5-6-7-8-9-10-11-12-13-14-15-16-17-18-28-22(19-25)24-23(27)21(26)20-29-24/h12-13,21-27H,2-11,14-20H2,1H3/b13-12+/t21-,22+,23+,24+/m1/s1. The van der Waals surface area contributed by atoms with E-state index in [-0.39, 0.29) is 13.2 Å². The van der Waals surface area contributed by atoms with Crippen LogP contribution in [0.25, 0.3) is 0 Å². The SMILES string of the molecule is CCCCCCCCCCC/C=C/CCCCCO[C@@H](CO)[C@@H]1OC[C@@H](O)[C@@H]1O. The molecular weight excluding hydrogens is 368 g/mol. The number of hydrogen-bond acceptors (Lipinski definition) is 5. The van der Waals surface area contributed by atoms with Crippen LogP contribution in [0.2, 0.25) is 0 Å². The Hall–Kier alpha value is -0.460. The van der Waals surface area contributed by atoms with Crippen molar-refractivity contribution in [2.75, 3.05) is 19.8 Å². The third kappa shape index (κ3) is 12.7. The number of allylic oxidation sites excluding steroid dienone is 2. The fourth-order valence-corrected chi connectivity index (χ4v) is 3.79. The lowest BCUT2D eigenvalue weighted by molar-refractivity contribution is -0.101. The molecule has 1 saturated heterocycles. The summed E-state index contributed by atoms with van der Waals surface area (Å²) in [6, 6.07) is 0. The Morgan fingerprint density at radius 1 is 0.862 bits per heavy atom. The maximum absolute atomic E-state index is 9.83. The van der Waals surface area contributed by atoms with E-state index in [1.807, 2.05) is 0 Å². The Labute approximate surface area is 178 Å². The second-order valence-corrected chi connectivity index (χ2v) is 8.39. The van der Waals surface area contributed by atoms with E-state index in [1.54, 1.807) is 0 Å². The largest absolute Gasteiger partial charge is 0.394 e. The van der Waals surface area contributed by atoms with Crippen LogP contribution in [-0.4, -0.2) is 59.6 Å². The fraction of sp³-hybridized carbons (Fsp3) is 0.917. The molecule has 0 aromatic carbocycles. The highest BCUT2D eigenvalue weighted by Crippen LogP contribution is 2.20. The minimum atomic E-state index is -0.983. The summed E-state index contributed by atoms with van der Waals surface area (Å²) in [5.74, 6) is 0. The number of ether oxygens (including phenoxy) is 2. The van der Waals surface area contributed by atoms with Gasteiger partial charge in [0.25, 0.3) is 0 Å². The summed E-state index contributed by atoms with van der Waals surface area (Å²) in [5.41, 5.74) is 0. The van der Waals surface area contributed by atoms with Crippen LogP contribution < -0.4 is 0 Å². The van der Waals surface area contributed by atoms with E-state index in [4.69, 9.17) is 9.47 Å². The lowest BCUT2D eigenvalue weighted by Gasteiger charge is -2.24. The van der Waals surface area contributed by atoms with Crippen molar-refractivity contribution >= 4 is 0 Å². The maximum Gasteiger partial charge on any atom is 0.114 e. The molecule has 5 nitrogen and oxygen atoms in total. The molecule has 172 valence electrons. The van der Waals surface area contributed by atoms with Gasteiger partial charge in [0.2, 0.25) is 0 Å². The van der Waals surface area contributed by atoms with E-state index in [9.17, 15) is 15.3 Å². The number of aliphatic hydroxyl groups is 3. The van der Waals surface area contributed by atoms with E-state index < -0.39 is 24.4 Å². The first-order valence-corrected chi connectivity index (χ1v) is 12.1. The molecule has 0 amide bonds. The molecule has 0 aromatic rings. The molecule has 29 heavy (non-hydrogen) atoms. The summed E-state index contributed by atoms with van der Waals surface area (Å²) in [4.78, 5) is 0. The monoisotopic (exact) mass is 414 g/mol.